The van der Waals surface area contributed by atoms with E-state index >= 15 is 0 Å². The van der Waals surface area contributed by atoms with Crippen LogP contribution in [0.1, 0.15) is 27.8 Å². The highest BCUT2D eigenvalue weighted by molar-refractivity contribution is 6.29. The smallest absolute Gasteiger partial charge is 0.247 e. The second kappa shape index (κ2) is 13.5. The fourth-order valence-electron chi connectivity index (χ4n) is 5.53. The molecule has 3 heterocycles. The number of carbonyl (C=O) groups excluding carboxylic acids is 2. The molecule has 1 aliphatic rings. The number of carbonyl (C=O) groups is 2. The highest BCUT2D eigenvalue weighted by Crippen LogP contribution is 2.23. The van der Waals surface area contributed by atoms with Gasteiger partial charge in [-0.2, -0.15) is 5.10 Å². The van der Waals surface area contributed by atoms with Crippen molar-refractivity contribution in [3.05, 3.63) is 155 Å². The molecule has 3 aromatic carbocycles. The van der Waals surface area contributed by atoms with E-state index in [1.54, 1.807) is 40.2 Å². The Hall–Kier alpha value is -5.01. The van der Waals surface area contributed by atoms with Crippen LogP contribution in [-0.4, -0.2) is 49.0 Å². The molecule has 6 rings (SSSR count). The third kappa shape index (κ3) is 6.96. The zero-order chi connectivity index (χ0) is 30.3. The maximum atomic E-state index is 14.4. The first kappa shape index (κ1) is 29.1. The lowest BCUT2D eigenvalue weighted by atomic mass is 9.97. The van der Waals surface area contributed by atoms with Crippen LogP contribution < -0.4 is 0 Å². The monoisotopic (exact) mass is 601 g/mol. The molecule has 1 aliphatic heterocycles. The Balaban J connectivity index is 1.34. The lowest BCUT2D eigenvalue weighted by Gasteiger charge is -2.37. The standard InChI is InChI=1S/C36H32ClN5O2/c37-34-17-13-28(24-38-34)14-18-35(43)41(25-29-11-15-32(16-12-29)42-21-6-20-39-42)33(23-27-7-2-1-3-8-27)36(44)40-22-19-30-9-4-5-10-31(30)26-40/h1-18,20-21,24,33H,19,22-23,25-26H2. The van der Waals surface area contributed by atoms with Gasteiger partial charge in [0, 0.05) is 50.7 Å². The molecule has 0 N–H and O–H groups in total. The summed E-state index contributed by atoms with van der Waals surface area (Å²) in [7, 11) is 0. The molecular weight excluding hydrogens is 570 g/mol. The molecule has 2 amide bonds. The number of pyridine rings is 1. The van der Waals surface area contributed by atoms with Gasteiger partial charge >= 0.3 is 0 Å². The Labute approximate surface area is 262 Å². The SMILES string of the molecule is O=C(C(Cc1ccccc1)N(Cc1ccc(-n2cccn2)cc1)C(=O)C=Cc1ccc(Cl)nc1)N1CCc2ccccc2C1. The zero-order valence-corrected chi connectivity index (χ0v) is 24.9. The summed E-state index contributed by atoms with van der Waals surface area (Å²) in [5, 5.41) is 4.69. The summed E-state index contributed by atoms with van der Waals surface area (Å²) in [5.74, 6) is -0.325. The number of hydrogen-bond acceptors (Lipinski definition) is 4. The number of rotatable bonds is 9. The fourth-order valence-corrected chi connectivity index (χ4v) is 5.64. The van der Waals surface area contributed by atoms with E-state index in [4.69, 9.17) is 11.6 Å². The summed E-state index contributed by atoms with van der Waals surface area (Å²) in [4.78, 5) is 36.2. The second-order valence-electron chi connectivity index (χ2n) is 10.8. The minimum Gasteiger partial charge on any atom is -0.336 e. The molecule has 2 aromatic heterocycles. The van der Waals surface area contributed by atoms with Gasteiger partial charge in [0.15, 0.2) is 0 Å². The van der Waals surface area contributed by atoms with Gasteiger partial charge in [0.25, 0.3) is 0 Å². The largest absolute Gasteiger partial charge is 0.336 e. The van der Waals surface area contributed by atoms with Crippen molar-refractivity contribution in [3.8, 4) is 5.69 Å². The van der Waals surface area contributed by atoms with Crippen LogP contribution >= 0.6 is 11.6 Å². The van der Waals surface area contributed by atoms with E-state index in [-0.39, 0.29) is 18.4 Å². The number of aromatic nitrogens is 3. The third-order valence-corrected chi connectivity index (χ3v) is 8.11. The number of hydrogen-bond donors (Lipinski definition) is 0. The van der Waals surface area contributed by atoms with Gasteiger partial charge in [-0.1, -0.05) is 84.4 Å². The molecule has 0 aliphatic carbocycles. The van der Waals surface area contributed by atoms with Crippen molar-refractivity contribution < 1.29 is 9.59 Å². The van der Waals surface area contributed by atoms with E-state index in [9.17, 15) is 9.59 Å². The van der Waals surface area contributed by atoms with Crippen molar-refractivity contribution >= 4 is 29.5 Å². The van der Waals surface area contributed by atoms with E-state index < -0.39 is 6.04 Å². The van der Waals surface area contributed by atoms with E-state index in [0.717, 1.165) is 34.4 Å². The van der Waals surface area contributed by atoms with Crippen LogP contribution in [-0.2, 0) is 35.5 Å². The summed E-state index contributed by atoms with van der Waals surface area (Å²) in [5.41, 5.74) is 5.96. The highest BCUT2D eigenvalue weighted by atomic mass is 35.5. The van der Waals surface area contributed by atoms with E-state index in [2.05, 4.69) is 22.2 Å². The van der Waals surface area contributed by atoms with Gasteiger partial charge in [0.05, 0.1) is 5.69 Å². The fraction of sp³-hybridized carbons (Fsp3) is 0.167. The number of nitrogens with zero attached hydrogens (tertiary/aromatic N) is 5. The first-order valence-electron chi connectivity index (χ1n) is 14.6. The quantitative estimate of drug-likeness (QED) is 0.150. The minimum absolute atomic E-state index is 0.0635. The van der Waals surface area contributed by atoms with Crippen LogP contribution in [0.2, 0.25) is 5.15 Å². The minimum atomic E-state index is -0.714. The Bertz CT molecular complexity index is 1740. The van der Waals surface area contributed by atoms with Crippen molar-refractivity contribution in [2.24, 2.45) is 0 Å². The molecule has 0 spiro atoms. The summed E-state index contributed by atoms with van der Waals surface area (Å²) in [6.07, 6.45) is 9.63. The van der Waals surface area contributed by atoms with Gasteiger partial charge in [-0.15, -0.1) is 0 Å². The molecule has 7 nitrogen and oxygen atoms in total. The normalized spacial score (nSPS) is 13.4. The summed E-state index contributed by atoms with van der Waals surface area (Å²) < 4.78 is 1.78. The van der Waals surface area contributed by atoms with Gasteiger partial charge in [-0.25, -0.2) is 9.67 Å². The molecule has 0 saturated heterocycles. The molecule has 0 radical (unpaired) electrons. The summed E-state index contributed by atoms with van der Waals surface area (Å²) in [6, 6.07) is 30.7. The van der Waals surface area contributed by atoms with E-state index in [1.807, 2.05) is 83.9 Å². The summed E-state index contributed by atoms with van der Waals surface area (Å²) >= 11 is 5.96. The molecule has 0 bridgehead atoms. The Morgan fingerprint density at radius 2 is 1.66 bits per heavy atom. The predicted octanol–water partition coefficient (Wildman–Crippen LogP) is 6.16. The average molecular weight is 602 g/mol. The highest BCUT2D eigenvalue weighted by Gasteiger charge is 2.34. The summed E-state index contributed by atoms with van der Waals surface area (Å²) in [6.45, 7) is 1.39. The molecule has 1 unspecified atom stereocenters. The van der Waals surface area contributed by atoms with Gasteiger partial charge in [-0.3, -0.25) is 9.59 Å². The van der Waals surface area contributed by atoms with Crippen molar-refractivity contribution in [2.75, 3.05) is 6.54 Å². The molecule has 1 atom stereocenters. The van der Waals surface area contributed by atoms with Gasteiger partial charge < -0.3 is 9.80 Å². The number of amides is 2. The molecule has 8 heteroatoms. The first-order chi connectivity index (χ1) is 21.5. The van der Waals surface area contributed by atoms with Crippen molar-refractivity contribution in [2.45, 2.75) is 32.0 Å². The van der Waals surface area contributed by atoms with Gasteiger partial charge in [0.1, 0.15) is 11.2 Å². The first-order valence-corrected chi connectivity index (χ1v) is 15.0. The molecule has 5 aromatic rings. The van der Waals surface area contributed by atoms with Crippen LogP contribution in [0.5, 0.6) is 0 Å². The van der Waals surface area contributed by atoms with Crippen molar-refractivity contribution in [1.82, 2.24) is 24.6 Å². The van der Waals surface area contributed by atoms with Crippen LogP contribution in [0.25, 0.3) is 11.8 Å². The Morgan fingerprint density at radius 1 is 0.886 bits per heavy atom. The maximum absolute atomic E-state index is 14.4. The van der Waals surface area contributed by atoms with Crippen molar-refractivity contribution in [3.63, 3.8) is 0 Å². The van der Waals surface area contributed by atoms with Crippen molar-refractivity contribution in [1.29, 1.82) is 0 Å². The van der Waals surface area contributed by atoms with Gasteiger partial charge in [-0.05, 0) is 64.6 Å². The van der Waals surface area contributed by atoms with Crippen LogP contribution in [0.4, 0.5) is 0 Å². The van der Waals surface area contributed by atoms with Crippen LogP contribution in [0.15, 0.2) is 122 Å². The van der Waals surface area contributed by atoms with Gasteiger partial charge in [0.2, 0.25) is 11.8 Å². The zero-order valence-electron chi connectivity index (χ0n) is 24.2. The molecule has 44 heavy (non-hydrogen) atoms. The Morgan fingerprint density at radius 3 is 2.39 bits per heavy atom. The number of benzene rings is 3. The molecule has 220 valence electrons. The topological polar surface area (TPSA) is 71.3 Å². The third-order valence-electron chi connectivity index (χ3n) is 7.89. The van der Waals surface area contributed by atoms with Crippen LogP contribution in [0, 0.1) is 0 Å². The van der Waals surface area contributed by atoms with E-state index in [0.29, 0.717) is 24.7 Å². The number of fused-ring (bicyclic) bond motifs is 1. The molecule has 0 fully saturated rings. The molecule has 0 saturated carbocycles. The lowest BCUT2D eigenvalue weighted by Crippen LogP contribution is -2.52. The predicted molar refractivity (Wildman–Crippen MR) is 172 cm³/mol. The second-order valence-corrected chi connectivity index (χ2v) is 11.2. The molecular formula is C36H32ClN5O2. The Kier molecular flexibility index (Phi) is 8.94. The maximum Gasteiger partial charge on any atom is 0.247 e. The lowest BCUT2D eigenvalue weighted by molar-refractivity contribution is -0.144. The number of halogens is 1. The van der Waals surface area contributed by atoms with E-state index in [1.165, 1.54) is 11.6 Å². The average Bonchev–Trinajstić information content (AvgIpc) is 3.61. The van der Waals surface area contributed by atoms with Crippen LogP contribution in [0.3, 0.4) is 0 Å².